The minimum absolute atomic E-state index is 0.0675. The molecule has 12 heteroatoms. The van der Waals surface area contributed by atoms with Gasteiger partial charge in [0, 0.05) is 6.92 Å². The molecule has 4 rings (SSSR count). The number of nitrogen functional groups attached to an aromatic ring is 1. The van der Waals surface area contributed by atoms with Gasteiger partial charge in [0.1, 0.15) is 29.4 Å². The van der Waals surface area contributed by atoms with E-state index in [1.807, 2.05) is 25.1 Å². The number of nitrogens with zero attached hydrogens (tertiary/aromatic N) is 4. The van der Waals surface area contributed by atoms with Crippen LogP contribution in [-0.2, 0) is 4.79 Å². The second kappa shape index (κ2) is 10.4. The fourth-order valence-electron chi connectivity index (χ4n) is 3.72. The van der Waals surface area contributed by atoms with Crippen LogP contribution in [0.4, 0.5) is 11.6 Å². The highest BCUT2D eigenvalue weighted by atomic mass is 35.5. The van der Waals surface area contributed by atoms with Gasteiger partial charge in [0.05, 0.1) is 27.7 Å². The Bertz CT molecular complexity index is 1510. The first-order valence-corrected chi connectivity index (χ1v) is 11.4. The number of aromatic nitrogens is 4. The van der Waals surface area contributed by atoms with Crippen molar-refractivity contribution in [3.8, 4) is 5.69 Å². The van der Waals surface area contributed by atoms with Gasteiger partial charge in [0.25, 0.3) is 11.5 Å². The molecule has 2 heterocycles. The maximum absolute atomic E-state index is 13.7. The average Bonchev–Trinajstić information content (AvgIpc) is 2.86. The van der Waals surface area contributed by atoms with Crippen molar-refractivity contribution in [2.45, 2.75) is 26.3 Å². The number of carbonyl (C=O) groups is 2. The zero-order chi connectivity index (χ0) is 25.8. The molecule has 0 saturated carbocycles. The molecular formula is C24H23ClN8O3. The van der Waals surface area contributed by atoms with E-state index in [1.54, 1.807) is 30.3 Å². The van der Waals surface area contributed by atoms with E-state index < -0.39 is 17.9 Å². The second-order valence-corrected chi connectivity index (χ2v) is 8.21. The van der Waals surface area contributed by atoms with Crippen molar-refractivity contribution in [1.82, 2.24) is 30.4 Å². The van der Waals surface area contributed by atoms with Crippen LogP contribution in [0, 0.1) is 0 Å². The van der Waals surface area contributed by atoms with Crippen LogP contribution in [0.1, 0.15) is 42.5 Å². The third kappa shape index (κ3) is 4.82. The lowest BCUT2D eigenvalue weighted by Crippen LogP contribution is -2.41. The summed E-state index contributed by atoms with van der Waals surface area (Å²) in [6.45, 7) is 3.14. The number of hydrogen-bond donors (Lipinski definition) is 4. The summed E-state index contributed by atoms with van der Waals surface area (Å²) in [4.78, 5) is 50.5. The smallest absolute Gasteiger partial charge is 0.277 e. The molecule has 2 amide bonds. The van der Waals surface area contributed by atoms with Crippen LogP contribution in [0.3, 0.4) is 0 Å². The minimum atomic E-state index is -0.709. The van der Waals surface area contributed by atoms with E-state index in [-0.39, 0.29) is 22.8 Å². The Morgan fingerprint density at radius 1 is 1.08 bits per heavy atom. The highest BCUT2D eigenvalue weighted by molar-refractivity contribution is 6.35. The molecule has 0 unspecified atom stereocenters. The Balaban J connectivity index is 1.87. The number of hydrazine groups is 1. The summed E-state index contributed by atoms with van der Waals surface area (Å²) in [5, 5.41) is 3.77. The van der Waals surface area contributed by atoms with E-state index in [9.17, 15) is 14.4 Å². The van der Waals surface area contributed by atoms with Gasteiger partial charge in [0.15, 0.2) is 0 Å². The lowest BCUT2D eigenvalue weighted by Gasteiger charge is -2.23. The molecule has 1 atom stereocenters. The predicted molar refractivity (Wildman–Crippen MR) is 137 cm³/mol. The summed E-state index contributed by atoms with van der Waals surface area (Å²) in [7, 11) is 0. The van der Waals surface area contributed by atoms with Gasteiger partial charge in [-0.3, -0.25) is 29.8 Å². The van der Waals surface area contributed by atoms with Gasteiger partial charge in [-0.25, -0.2) is 15.0 Å². The van der Waals surface area contributed by atoms with Crippen LogP contribution in [0.25, 0.3) is 16.6 Å². The van der Waals surface area contributed by atoms with Gasteiger partial charge in [-0.2, -0.15) is 0 Å². The van der Waals surface area contributed by atoms with Gasteiger partial charge in [-0.1, -0.05) is 42.8 Å². The Morgan fingerprint density at radius 2 is 1.83 bits per heavy atom. The van der Waals surface area contributed by atoms with Gasteiger partial charge in [-0.15, -0.1) is 0 Å². The van der Waals surface area contributed by atoms with Crippen LogP contribution in [0.5, 0.6) is 0 Å². The number of carbonyl (C=O) groups excluding carboxylic acids is 2. The number of benzene rings is 2. The SMILES string of the molecule is CC[C@H](Nc1ncnc(N)c1C(=O)NNC(C)=O)c1nc2cccc(Cl)c2c(=O)n1-c1ccccc1. The molecule has 0 aliphatic carbocycles. The van der Waals surface area contributed by atoms with Crippen molar-refractivity contribution in [2.24, 2.45) is 0 Å². The summed E-state index contributed by atoms with van der Waals surface area (Å²) >= 11 is 6.37. The number of fused-ring (bicyclic) bond motifs is 1. The van der Waals surface area contributed by atoms with E-state index in [0.717, 1.165) is 0 Å². The van der Waals surface area contributed by atoms with Crippen LogP contribution < -0.4 is 27.5 Å². The zero-order valence-corrected chi connectivity index (χ0v) is 20.2. The number of para-hydroxylation sites is 1. The van der Waals surface area contributed by atoms with E-state index in [0.29, 0.717) is 33.9 Å². The molecule has 0 radical (unpaired) electrons. The Labute approximate surface area is 210 Å². The topological polar surface area (TPSA) is 157 Å². The number of halogens is 1. The number of nitrogens with one attached hydrogen (secondary N) is 3. The summed E-state index contributed by atoms with van der Waals surface area (Å²) in [6.07, 6.45) is 1.67. The quantitative estimate of drug-likeness (QED) is 0.291. The number of rotatable bonds is 6. The van der Waals surface area contributed by atoms with Crippen molar-refractivity contribution < 1.29 is 9.59 Å². The Kier molecular flexibility index (Phi) is 7.11. The van der Waals surface area contributed by atoms with E-state index in [1.165, 1.54) is 17.8 Å². The molecule has 4 aromatic rings. The number of nitrogens with two attached hydrogens (primary N) is 1. The molecule has 5 N–H and O–H groups in total. The Hall–Kier alpha value is -4.51. The molecule has 0 spiro atoms. The first-order chi connectivity index (χ1) is 17.3. The molecule has 0 saturated heterocycles. The summed E-state index contributed by atoms with van der Waals surface area (Å²) in [6, 6.07) is 13.5. The largest absolute Gasteiger partial charge is 0.383 e. The van der Waals surface area contributed by atoms with Crippen molar-refractivity contribution >= 4 is 46.0 Å². The maximum atomic E-state index is 13.7. The second-order valence-electron chi connectivity index (χ2n) is 7.80. The summed E-state index contributed by atoms with van der Waals surface area (Å²) < 4.78 is 1.48. The van der Waals surface area contributed by atoms with Gasteiger partial charge in [0.2, 0.25) is 5.91 Å². The molecule has 0 fully saturated rings. The van der Waals surface area contributed by atoms with Crippen molar-refractivity contribution in [1.29, 1.82) is 0 Å². The first-order valence-electron chi connectivity index (χ1n) is 11.0. The summed E-state index contributed by atoms with van der Waals surface area (Å²) in [5.74, 6) is -0.778. The Morgan fingerprint density at radius 3 is 2.53 bits per heavy atom. The molecule has 11 nitrogen and oxygen atoms in total. The maximum Gasteiger partial charge on any atom is 0.277 e. The molecule has 2 aromatic heterocycles. The van der Waals surface area contributed by atoms with Crippen LogP contribution in [0.2, 0.25) is 5.02 Å². The highest BCUT2D eigenvalue weighted by Crippen LogP contribution is 2.28. The van der Waals surface area contributed by atoms with E-state index >= 15 is 0 Å². The highest BCUT2D eigenvalue weighted by Gasteiger charge is 2.25. The molecule has 184 valence electrons. The molecule has 0 aliphatic rings. The first kappa shape index (κ1) is 24.6. The molecule has 36 heavy (non-hydrogen) atoms. The lowest BCUT2D eigenvalue weighted by atomic mass is 10.1. The number of amides is 2. The lowest BCUT2D eigenvalue weighted by molar-refractivity contribution is -0.119. The summed E-state index contributed by atoms with van der Waals surface area (Å²) in [5.41, 5.74) is 11.1. The average molecular weight is 507 g/mol. The molecule has 2 aromatic carbocycles. The van der Waals surface area contributed by atoms with Crippen LogP contribution in [0.15, 0.2) is 59.7 Å². The monoisotopic (exact) mass is 506 g/mol. The molecular weight excluding hydrogens is 484 g/mol. The van der Waals surface area contributed by atoms with Gasteiger partial charge < -0.3 is 11.1 Å². The standard InChI is InChI=1S/C24H23ClN8O3/c1-3-16(29-21-19(20(26)27-12-28-21)23(35)32-31-13(2)34)22-30-17-11-7-10-15(25)18(17)24(36)33(22)14-8-5-4-6-9-14/h4-12,16H,3H2,1-2H3,(H,31,34)(H,32,35)(H3,26,27,28,29)/t16-/m0/s1. The van der Waals surface area contributed by atoms with E-state index in [4.69, 9.17) is 22.3 Å². The van der Waals surface area contributed by atoms with Crippen molar-refractivity contribution in [3.05, 3.63) is 81.6 Å². The number of anilines is 2. The fourth-order valence-corrected chi connectivity index (χ4v) is 3.97. The predicted octanol–water partition coefficient (Wildman–Crippen LogP) is 2.76. The normalized spacial score (nSPS) is 11.6. The fraction of sp³-hybridized carbons (Fsp3) is 0.167. The van der Waals surface area contributed by atoms with Gasteiger partial charge in [-0.05, 0) is 30.7 Å². The van der Waals surface area contributed by atoms with Gasteiger partial charge >= 0.3 is 0 Å². The minimum Gasteiger partial charge on any atom is -0.383 e. The third-order valence-electron chi connectivity index (χ3n) is 5.37. The van der Waals surface area contributed by atoms with Crippen LogP contribution >= 0.6 is 11.6 Å². The number of hydrogen-bond acceptors (Lipinski definition) is 8. The van der Waals surface area contributed by atoms with Crippen molar-refractivity contribution in [2.75, 3.05) is 11.1 Å². The van der Waals surface area contributed by atoms with Crippen LogP contribution in [-0.4, -0.2) is 31.3 Å². The van der Waals surface area contributed by atoms with E-state index in [2.05, 4.69) is 26.1 Å². The third-order valence-corrected chi connectivity index (χ3v) is 5.69. The molecule has 0 bridgehead atoms. The van der Waals surface area contributed by atoms with Crippen molar-refractivity contribution in [3.63, 3.8) is 0 Å². The zero-order valence-electron chi connectivity index (χ0n) is 19.4. The molecule has 0 aliphatic heterocycles.